The normalized spacial score (nSPS) is 12.1. The zero-order chi connectivity index (χ0) is 24.8. The van der Waals surface area contributed by atoms with Crippen molar-refractivity contribution in [2.45, 2.75) is 30.6 Å². The minimum atomic E-state index is -4.13. The predicted octanol–water partition coefficient (Wildman–Crippen LogP) is 3.38. The van der Waals surface area contributed by atoms with Crippen LogP contribution in [0.2, 0.25) is 0 Å². The minimum Gasteiger partial charge on any atom is -0.321 e. The number of nitrogens with one attached hydrogen (secondary N) is 2. The first-order valence-corrected chi connectivity index (χ1v) is 14.3. The molecule has 1 aromatic carbocycles. The van der Waals surface area contributed by atoms with Gasteiger partial charge in [0.1, 0.15) is 14.6 Å². The van der Waals surface area contributed by atoms with Crippen LogP contribution in [0.5, 0.6) is 0 Å². The molecule has 0 aliphatic carbocycles. The van der Waals surface area contributed by atoms with Crippen molar-refractivity contribution in [3.63, 3.8) is 0 Å². The lowest BCUT2D eigenvalue weighted by molar-refractivity contribution is 0.102. The molecule has 0 saturated heterocycles. The molecule has 0 fully saturated rings. The fourth-order valence-corrected chi connectivity index (χ4v) is 7.78. The van der Waals surface area contributed by atoms with Gasteiger partial charge in [0.15, 0.2) is 0 Å². The molecule has 4 rings (SSSR count). The van der Waals surface area contributed by atoms with E-state index in [0.29, 0.717) is 27.0 Å². The van der Waals surface area contributed by atoms with Crippen LogP contribution in [-0.2, 0) is 20.0 Å². The number of thiophene rings is 1. The summed E-state index contributed by atoms with van der Waals surface area (Å²) in [5.41, 5.74) is 1.88. The number of aryl methyl sites for hydroxylation is 2. The molecule has 0 radical (unpaired) electrons. The Bertz CT molecular complexity index is 1660. The highest BCUT2D eigenvalue weighted by Crippen LogP contribution is 2.32. The quantitative estimate of drug-likeness (QED) is 0.340. The summed E-state index contributed by atoms with van der Waals surface area (Å²) in [5, 5.41) is 10.0. The monoisotopic (exact) mass is 537 g/mol. The van der Waals surface area contributed by atoms with E-state index >= 15 is 0 Å². The number of fused-ring (bicyclic) bond motifs is 1. The number of primary sulfonamides is 1. The Hall–Kier alpha value is -2.91. The van der Waals surface area contributed by atoms with Crippen molar-refractivity contribution in [3.8, 4) is 0 Å². The Balaban J connectivity index is 1.70. The first kappa shape index (κ1) is 24.2. The summed E-state index contributed by atoms with van der Waals surface area (Å²) in [6.45, 7) is 4.85. The van der Waals surface area contributed by atoms with E-state index in [1.165, 1.54) is 36.8 Å². The highest BCUT2D eigenvalue weighted by Gasteiger charge is 2.27. The summed E-state index contributed by atoms with van der Waals surface area (Å²) in [5.74, 6) is -0.692. The number of rotatable bonds is 6. The van der Waals surface area contributed by atoms with E-state index in [2.05, 4.69) is 19.4 Å². The predicted molar refractivity (Wildman–Crippen MR) is 133 cm³/mol. The number of hydrogen-bond donors (Lipinski definition) is 3. The molecular formula is C20H19N5O5S4. The van der Waals surface area contributed by atoms with Crippen LogP contribution in [0.15, 0.2) is 45.8 Å². The summed E-state index contributed by atoms with van der Waals surface area (Å²) in [4.78, 5) is 17.5. The van der Waals surface area contributed by atoms with Gasteiger partial charge in [0.2, 0.25) is 10.0 Å². The number of nitrogens with zero attached hydrogens (tertiary/aromatic N) is 2. The molecule has 10 nitrogen and oxygen atoms in total. The van der Waals surface area contributed by atoms with Gasteiger partial charge in [-0.2, -0.15) is 4.37 Å². The van der Waals surface area contributed by atoms with Gasteiger partial charge < -0.3 is 5.32 Å². The van der Waals surface area contributed by atoms with Gasteiger partial charge in [0.05, 0.1) is 22.2 Å². The smallest absolute Gasteiger partial charge is 0.267 e. The number of hydrogen-bond acceptors (Lipinski definition) is 9. The molecule has 3 heterocycles. The third-order valence-corrected chi connectivity index (χ3v) is 9.42. The standard InChI is InChI=1S/C20H19N5O5S4/c1-10-8-11(2)18(33(21,27)28)12(3)16(10)24-19(26)17-15(5-7-31-17)34(29,30)25-14-4-6-22-20-13(14)9-23-32-20/h4-9H,1-3H3,(H,22,25)(H,24,26)(H2,21,27,28). The lowest BCUT2D eigenvalue weighted by atomic mass is 10.0. The van der Waals surface area contributed by atoms with Gasteiger partial charge in [-0.15, -0.1) is 11.3 Å². The Morgan fingerprint density at radius 1 is 1.09 bits per heavy atom. The molecule has 1 amide bonds. The molecule has 0 aliphatic heterocycles. The number of pyridine rings is 1. The van der Waals surface area contributed by atoms with Gasteiger partial charge in [-0.1, -0.05) is 6.07 Å². The summed E-state index contributed by atoms with van der Waals surface area (Å²) < 4.78 is 56.9. The largest absolute Gasteiger partial charge is 0.321 e. The average molecular weight is 538 g/mol. The number of aromatic nitrogens is 2. The van der Waals surface area contributed by atoms with E-state index < -0.39 is 26.0 Å². The maximum absolute atomic E-state index is 13.2. The third-order valence-electron chi connectivity index (χ3n) is 5.07. The highest BCUT2D eigenvalue weighted by molar-refractivity contribution is 7.93. The minimum absolute atomic E-state index is 0.0576. The molecule has 14 heteroatoms. The SMILES string of the molecule is Cc1cc(C)c(S(N)(=O)=O)c(C)c1NC(=O)c1sccc1S(=O)(=O)Nc1ccnc2sncc12. The summed E-state index contributed by atoms with van der Waals surface area (Å²) >= 11 is 2.08. The van der Waals surface area contributed by atoms with Gasteiger partial charge in [-0.25, -0.2) is 27.0 Å². The van der Waals surface area contributed by atoms with Crippen molar-refractivity contribution in [1.29, 1.82) is 0 Å². The maximum Gasteiger partial charge on any atom is 0.267 e. The number of benzene rings is 1. The highest BCUT2D eigenvalue weighted by atomic mass is 32.2. The molecular weight excluding hydrogens is 519 g/mol. The molecule has 4 aromatic rings. The molecule has 0 unspecified atom stereocenters. The average Bonchev–Trinajstić information content (AvgIpc) is 3.39. The van der Waals surface area contributed by atoms with Gasteiger partial charge in [-0.3, -0.25) is 9.52 Å². The van der Waals surface area contributed by atoms with E-state index in [-0.39, 0.29) is 25.9 Å². The van der Waals surface area contributed by atoms with Crippen LogP contribution in [0.4, 0.5) is 11.4 Å². The fraction of sp³-hybridized carbons (Fsp3) is 0.150. The Morgan fingerprint density at radius 3 is 2.53 bits per heavy atom. The number of carbonyl (C=O) groups excluding carboxylic acids is 1. The van der Waals surface area contributed by atoms with Crippen molar-refractivity contribution in [1.82, 2.24) is 9.36 Å². The molecule has 0 atom stereocenters. The van der Waals surface area contributed by atoms with Gasteiger partial charge in [0, 0.05) is 11.9 Å². The van der Waals surface area contributed by atoms with Crippen LogP contribution in [0.1, 0.15) is 26.4 Å². The summed E-state index contributed by atoms with van der Waals surface area (Å²) in [6.07, 6.45) is 2.98. The number of nitrogens with two attached hydrogens (primary N) is 1. The van der Waals surface area contributed by atoms with Crippen LogP contribution in [0, 0.1) is 20.8 Å². The third kappa shape index (κ3) is 4.42. The second-order valence-electron chi connectivity index (χ2n) is 7.46. The van der Waals surface area contributed by atoms with Crippen molar-refractivity contribution >= 4 is 70.4 Å². The second kappa shape index (κ2) is 8.70. The summed E-state index contributed by atoms with van der Waals surface area (Å²) in [6, 6.07) is 4.44. The Kier molecular flexibility index (Phi) is 6.20. The number of carbonyl (C=O) groups is 1. The second-order valence-corrected chi connectivity index (χ2v) is 12.3. The van der Waals surface area contributed by atoms with Crippen LogP contribution < -0.4 is 15.2 Å². The number of sulfonamides is 2. The van der Waals surface area contributed by atoms with Crippen LogP contribution in [-0.4, -0.2) is 32.1 Å². The van der Waals surface area contributed by atoms with Gasteiger partial charge >= 0.3 is 0 Å². The Morgan fingerprint density at radius 2 is 1.82 bits per heavy atom. The van der Waals surface area contributed by atoms with E-state index in [0.717, 1.165) is 22.9 Å². The fourth-order valence-electron chi connectivity index (χ4n) is 3.71. The van der Waals surface area contributed by atoms with Crippen molar-refractivity contribution in [3.05, 3.63) is 57.5 Å². The molecule has 0 bridgehead atoms. The maximum atomic E-state index is 13.2. The van der Waals surface area contributed by atoms with Crippen LogP contribution in [0.3, 0.4) is 0 Å². The molecule has 4 N–H and O–H groups in total. The molecule has 0 spiro atoms. The Labute approximate surface area is 204 Å². The van der Waals surface area contributed by atoms with E-state index in [1.807, 2.05) is 0 Å². The first-order chi connectivity index (χ1) is 15.9. The van der Waals surface area contributed by atoms with Crippen LogP contribution in [0.25, 0.3) is 10.2 Å². The van der Waals surface area contributed by atoms with Crippen molar-refractivity contribution < 1.29 is 21.6 Å². The van der Waals surface area contributed by atoms with Gasteiger partial charge in [0.25, 0.3) is 15.9 Å². The zero-order valence-electron chi connectivity index (χ0n) is 18.1. The zero-order valence-corrected chi connectivity index (χ0v) is 21.4. The molecule has 178 valence electrons. The lowest BCUT2D eigenvalue weighted by Crippen LogP contribution is -2.21. The summed E-state index contributed by atoms with van der Waals surface area (Å²) in [7, 11) is -8.17. The van der Waals surface area contributed by atoms with Crippen molar-refractivity contribution in [2.24, 2.45) is 5.14 Å². The molecule has 0 aliphatic rings. The molecule has 34 heavy (non-hydrogen) atoms. The first-order valence-electron chi connectivity index (χ1n) is 9.65. The topological polar surface area (TPSA) is 161 Å². The van der Waals surface area contributed by atoms with Gasteiger partial charge in [-0.05, 0) is 66.5 Å². The van der Waals surface area contributed by atoms with E-state index in [4.69, 9.17) is 5.14 Å². The van der Waals surface area contributed by atoms with E-state index in [1.54, 1.807) is 19.9 Å². The van der Waals surface area contributed by atoms with Crippen LogP contribution >= 0.6 is 22.9 Å². The number of amides is 1. The number of anilines is 2. The lowest BCUT2D eigenvalue weighted by Gasteiger charge is -2.17. The molecule has 3 aromatic heterocycles. The van der Waals surface area contributed by atoms with E-state index in [9.17, 15) is 21.6 Å². The molecule has 0 saturated carbocycles. The van der Waals surface area contributed by atoms with Crippen molar-refractivity contribution in [2.75, 3.05) is 10.0 Å².